The van der Waals surface area contributed by atoms with E-state index in [1.807, 2.05) is 30.5 Å². The van der Waals surface area contributed by atoms with Crippen molar-refractivity contribution in [3.05, 3.63) is 65.9 Å². The van der Waals surface area contributed by atoms with Gasteiger partial charge in [0.1, 0.15) is 6.04 Å². The highest BCUT2D eigenvalue weighted by Crippen LogP contribution is 2.19. The highest BCUT2D eigenvalue weighted by Gasteiger charge is 2.23. The molecule has 1 aromatic heterocycles. The van der Waals surface area contributed by atoms with E-state index in [2.05, 4.69) is 15.6 Å². The number of benzene rings is 2. The lowest BCUT2D eigenvalue weighted by Crippen LogP contribution is -2.45. The smallest absolute Gasteiger partial charge is 0.328 e. The van der Waals surface area contributed by atoms with Gasteiger partial charge in [-0.15, -0.1) is 0 Å². The van der Waals surface area contributed by atoms with Crippen LogP contribution in [0.4, 0.5) is 10.5 Å². The van der Waals surface area contributed by atoms with Gasteiger partial charge < -0.3 is 20.4 Å². The summed E-state index contributed by atoms with van der Waals surface area (Å²) in [6, 6.07) is 12.9. The van der Waals surface area contributed by atoms with Crippen molar-refractivity contribution in [3.63, 3.8) is 0 Å². The number of aromatic amines is 1. The first kappa shape index (κ1) is 19.2. The summed E-state index contributed by atoms with van der Waals surface area (Å²) in [6.07, 6.45) is 2.11. The molecule has 3 rings (SSSR count). The number of aromatic nitrogens is 1. The summed E-state index contributed by atoms with van der Waals surface area (Å²) in [6.45, 7) is 1.47. The standard InChI is InChI=1S/C21H21N3O4/c1-13(25)14-7-9-16(10-8-14)23-21(27)24-19(20(26)28-2)11-15-12-22-18-6-4-3-5-17(15)18/h3-10,12,19,22H,11H2,1-2H3,(H2,23,24,27)/t19-/m0/s1. The molecule has 144 valence electrons. The summed E-state index contributed by atoms with van der Waals surface area (Å²) >= 11 is 0. The molecule has 1 atom stereocenters. The number of esters is 1. The van der Waals surface area contributed by atoms with Crippen LogP contribution in [0.1, 0.15) is 22.8 Å². The maximum absolute atomic E-state index is 12.3. The number of para-hydroxylation sites is 1. The number of ether oxygens (including phenoxy) is 1. The fraction of sp³-hybridized carbons (Fsp3) is 0.190. The zero-order chi connectivity index (χ0) is 20.1. The lowest BCUT2D eigenvalue weighted by Gasteiger charge is -2.17. The molecule has 2 aromatic carbocycles. The van der Waals surface area contributed by atoms with Gasteiger partial charge in [-0.3, -0.25) is 4.79 Å². The number of anilines is 1. The summed E-state index contributed by atoms with van der Waals surface area (Å²) in [5, 5.41) is 6.29. The third-order valence-electron chi connectivity index (χ3n) is 4.44. The van der Waals surface area contributed by atoms with Crippen molar-refractivity contribution in [1.82, 2.24) is 10.3 Å². The van der Waals surface area contributed by atoms with Crippen LogP contribution in [-0.2, 0) is 16.0 Å². The summed E-state index contributed by atoms with van der Waals surface area (Å²) in [4.78, 5) is 39.0. The van der Waals surface area contributed by atoms with Crippen molar-refractivity contribution < 1.29 is 19.1 Å². The van der Waals surface area contributed by atoms with Gasteiger partial charge in [0.25, 0.3) is 0 Å². The van der Waals surface area contributed by atoms with E-state index in [1.165, 1.54) is 14.0 Å². The third kappa shape index (κ3) is 4.37. The van der Waals surface area contributed by atoms with Crippen molar-refractivity contribution >= 4 is 34.4 Å². The fourth-order valence-corrected chi connectivity index (χ4v) is 2.97. The van der Waals surface area contributed by atoms with Crippen LogP contribution in [0.25, 0.3) is 10.9 Å². The molecule has 7 nitrogen and oxygen atoms in total. The molecule has 0 aliphatic heterocycles. The number of carbonyl (C=O) groups excluding carboxylic acids is 3. The molecule has 0 bridgehead atoms. The highest BCUT2D eigenvalue weighted by molar-refractivity contribution is 5.96. The lowest BCUT2D eigenvalue weighted by atomic mass is 10.1. The molecule has 0 fully saturated rings. The van der Waals surface area contributed by atoms with Gasteiger partial charge in [0.05, 0.1) is 7.11 Å². The van der Waals surface area contributed by atoms with Crippen LogP contribution in [0, 0.1) is 0 Å². The van der Waals surface area contributed by atoms with Crippen LogP contribution in [0.5, 0.6) is 0 Å². The van der Waals surface area contributed by atoms with Crippen LogP contribution in [0.15, 0.2) is 54.7 Å². The molecular formula is C21H21N3O4. The molecule has 0 saturated carbocycles. The van der Waals surface area contributed by atoms with E-state index in [9.17, 15) is 14.4 Å². The Morgan fingerprint density at radius 3 is 2.46 bits per heavy atom. The SMILES string of the molecule is COC(=O)[C@H](Cc1c[nH]c2ccccc12)NC(=O)Nc1ccc(C(C)=O)cc1. The lowest BCUT2D eigenvalue weighted by molar-refractivity contribution is -0.142. The molecule has 7 heteroatoms. The number of urea groups is 1. The summed E-state index contributed by atoms with van der Waals surface area (Å²) in [5.74, 6) is -0.590. The molecule has 1 heterocycles. The normalized spacial score (nSPS) is 11.6. The van der Waals surface area contributed by atoms with Gasteiger partial charge in [0.15, 0.2) is 5.78 Å². The molecule has 0 saturated heterocycles. The maximum atomic E-state index is 12.3. The van der Waals surface area contributed by atoms with Crippen molar-refractivity contribution in [3.8, 4) is 0 Å². The Balaban J connectivity index is 1.70. The zero-order valence-corrected chi connectivity index (χ0v) is 15.6. The van der Waals surface area contributed by atoms with E-state index in [0.717, 1.165) is 16.5 Å². The second-order valence-corrected chi connectivity index (χ2v) is 6.37. The molecular weight excluding hydrogens is 358 g/mol. The molecule has 0 aliphatic carbocycles. The third-order valence-corrected chi connectivity index (χ3v) is 4.44. The number of hydrogen-bond acceptors (Lipinski definition) is 4. The van der Waals surface area contributed by atoms with E-state index >= 15 is 0 Å². The topological polar surface area (TPSA) is 100 Å². The number of methoxy groups -OCH3 is 1. The summed E-state index contributed by atoms with van der Waals surface area (Å²) in [7, 11) is 1.28. The predicted molar refractivity (Wildman–Crippen MR) is 106 cm³/mol. The van der Waals surface area contributed by atoms with Crippen LogP contribution in [0.2, 0.25) is 0 Å². The zero-order valence-electron chi connectivity index (χ0n) is 15.6. The Labute approximate surface area is 162 Å². The first-order chi connectivity index (χ1) is 13.5. The van der Waals surface area contributed by atoms with Crippen molar-refractivity contribution in [2.75, 3.05) is 12.4 Å². The number of amides is 2. The monoisotopic (exact) mass is 379 g/mol. The van der Waals surface area contributed by atoms with Crippen molar-refractivity contribution in [1.29, 1.82) is 0 Å². The van der Waals surface area contributed by atoms with Gasteiger partial charge in [-0.25, -0.2) is 9.59 Å². The Morgan fingerprint density at radius 1 is 1.07 bits per heavy atom. The van der Waals surface area contributed by atoms with Crippen LogP contribution >= 0.6 is 0 Å². The van der Waals surface area contributed by atoms with E-state index in [-0.39, 0.29) is 12.2 Å². The van der Waals surface area contributed by atoms with Crippen molar-refractivity contribution in [2.45, 2.75) is 19.4 Å². The number of fused-ring (bicyclic) bond motifs is 1. The van der Waals surface area contributed by atoms with E-state index in [1.54, 1.807) is 24.3 Å². The number of Topliss-reactive ketones (excluding diaryl/α,β-unsaturated/α-hetero) is 1. The van der Waals surface area contributed by atoms with Crippen LogP contribution in [-0.4, -0.2) is 35.9 Å². The molecule has 0 aliphatic rings. The Morgan fingerprint density at radius 2 is 1.79 bits per heavy atom. The highest BCUT2D eigenvalue weighted by atomic mass is 16.5. The largest absolute Gasteiger partial charge is 0.467 e. The number of nitrogens with one attached hydrogen (secondary N) is 3. The fourth-order valence-electron chi connectivity index (χ4n) is 2.97. The Bertz CT molecular complexity index is 1010. The number of rotatable bonds is 6. The molecule has 0 unspecified atom stereocenters. The van der Waals surface area contributed by atoms with Gasteiger partial charge >= 0.3 is 12.0 Å². The Kier molecular flexibility index (Phi) is 5.74. The first-order valence-electron chi connectivity index (χ1n) is 8.79. The minimum Gasteiger partial charge on any atom is -0.467 e. The minimum absolute atomic E-state index is 0.0551. The number of ketones is 1. The molecule has 28 heavy (non-hydrogen) atoms. The van der Waals surface area contributed by atoms with E-state index in [0.29, 0.717) is 11.3 Å². The van der Waals surface area contributed by atoms with Gasteiger partial charge in [-0.2, -0.15) is 0 Å². The van der Waals surface area contributed by atoms with Crippen LogP contribution < -0.4 is 10.6 Å². The van der Waals surface area contributed by atoms with Gasteiger partial charge in [0.2, 0.25) is 0 Å². The second kappa shape index (κ2) is 8.39. The number of hydrogen-bond donors (Lipinski definition) is 3. The predicted octanol–water partition coefficient (Wildman–Crippen LogP) is 3.28. The first-order valence-corrected chi connectivity index (χ1v) is 8.79. The quantitative estimate of drug-likeness (QED) is 0.452. The molecule has 0 spiro atoms. The molecule has 3 aromatic rings. The minimum atomic E-state index is -0.847. The Hall–Kier alpha value is -3.61. The summed E-state index contributed by atoms with van der Waals surface area (Å²) < 4.78 is 4.84. The number of carbonyl (C=O) groups is 3. The average molecular weight is 379 g/mol. The summed E-state index contributed by atoms with van der Waals surface area (Å²) in [5.41, 5.74) is 2.92. The molecule has 3 N–H and O–H groups in total. The van der Waals surface area contributed by atoms with Gasteiger partial charge in [-0.05, 0) is 42.8 Å². The second-order valence-electron chi connectivity index (χ2n) is 6.37. The molecule has 0 radical (unpaired) electrons. The van der Waals surface area contributed by atoms with Gasteiger partial charge in [-0.1, -0.05) is 18.2 Å². The van der Waals surface area contributed by atoms with E-state index < -0.39 is 18.0 Å². The van der Waals surface area contributed by atoms with Crippen molar-refractivity contribution in [2.24, 2.45) is 0 Å². The van der Waals surface area contributed by atoms with Crippen LogP contribution in [0.3, 0.4) is 0 Å². The van der Waals surface area contributed by atoms with E-state index in [4.69, 9.17) is 4.74 Å². The number of H-pyrrole nitrogens is 1. The van der Waals surface area contributed by atoms with Gasteiger partial charge in [0, 0.05) is 34.8 Å². The average Bonchev–Trinajstić information content (AvgIpc) is 3.10. The molecule has 2 amide bonds. The maximum Gasteiger partial charge on any atom is 0.328 e.